The van der Waals surface area contributed by atoms with Gasteiger partial charge in [-0.15, -0.1) is 0 Å². The molecule has 4 aromatic rings. The number of carbonyl (C=O) groups is 2. The van der Waals surface area contributed by atoms with E-state index in [1.54, 1.807) is 53.4 Å². The molecule has 0 radical (unpaired) electrons. The first-order chi connectivity index (χ1) is 18.4. The van der Waals surface area contributed by atoms with Gasteiger partial charge < -0.3 is 21.1 Å². The normalized spacial score (nSPS) is 13.6. The van der Waals surface area contributed by atoms with Crippen LogP contribution in [-0.2, 0) is 6.54 Å². The van der Waals surface area contributed by atoms with Gasteiger partial charge in [-0.1, -0.05) is 29.8 Å². The van der Waals surface area contributed by atoms with Gasteiger partial charge in [0.1, 0.15) is 23.7 Å². The van der Waals surface area contributed by atoms with Crippen molar-refractivity contribution in [2.75, 3.05) is 18.4 Å². The molecule has 0 atom stereocenters. The standard InChI is InChI=1S/C28H25ClN6O3/c29-22-13-21-23(14-20(22)28(38)35-10-4-5-11-35)32-16-33-26(21)31-15-19-12-18(8-9-24(19)36)25(30)34-27(37)17-6-2-1-3-7-17/h1-3,6-9,12-14,16,36H,4-5,10-11,15H2,(H2,30,34,37)(H,31,32,33). The summed E-state index contributed by atoms with van der Waals surface area (Å²) in [6.07, 6.45) is 3.38. The number of aromatic hydroxyl groups is 1. The Labute approximate surface area is 224 Å². The Balaban J connectivity index is 1.37. The number of aromatic nitrogens is 2. The molecule has 192 valence electrons. The van der Waals surface area contributed by atoms with Gasteiger partial charge in [-0.3, -0.25) is 9.59 Å². The Hall–Kier alpha value is -4.50. The molecule has 2 amide bonds. The molecule has 2 heterocycles. The van der Waals surface area contributed by atoms with Crippen molar-refractivity contribution in [3.05, 3.63) is 94.3 Å². The lowest BCUT2D eigenvalue weighted by atomic mass is 10.1. The van der Waals surface area contributed by atoms with Gasteiger partial charge in [0.25, 0.3) is 11.8 Å². The topological polar surface area (TPSA) is 134 Å². The van der Waals surface area contributed by atoms with Gasteiger partial charge in [-0.05, 0) is 55.3 Å². The van der Waals surface area contributed by atoms with Gasteiger partial charge in [0, 0.05) is 41.7 Å². The Morgan fingerprint density at radius 2 is 1.79 bits per heavy atom. The van der Waals surface area contributed by atoms with Crippen molar-refractivity contribution >= 4 is 46.0 Å². The largest absolute Gasteiger partial charge is 0.508 e. The van der Waals surface area contributed by atoms with Crippen molar-refractivity contribution < 1.29 is 14.7 Å². The highest BCUT2D eigenvalue weighted by Crippen LogP contribution is 2.29. The number of hydrogen-bond acceptors (Lipinski definition) is 6. The van der Waals surface area contributed by atoms with E-state index in [1.807, 2.05) is 6.07 Å². The fraction of sp³-hybridized carbons (Fsp3) is 0.179. The molecule has 1 aliphatic rings. The van der Waals surface area contributed by atoms with Crippen LogP contribution in [0, 0.1) is 0 Å². The molecule has 1 aliphatic heterocycles. The van der Waals surface area contributed by atoms with E-state index < -0.39 is 5.91 Å². The number of amides is 2. The Bertz CT molecular complexity index is 1550. The average Bonchev–Trinajstić information content (AvgIpc) is 3.47. The lowest BCUT2D eigenvalue weighted by Crippen LogP contribution is -2.27. The predicted molar refractivity (Wildman–Crippen MR) is 147 cm³/mol. The molecule has 1 aromatic heterocycles. The average molecular weight is 529 g/mol. The van der Waals surface area contributed by atoms with Crippen LogP contribution in [0.15, 0.2) is 72.0 Å². The molecule has 9 nitrogen and oxygen atoms in total. The van der Waals surface area contributed by atoms with Gasteiger partial charge in [0.2, 0.25) is 0 Å². The Morgan fingerprint density at radius 1 is 1.03 bits per heavy atom. The molecule has 0 bridgehead atoms. The highest BCUT2D eigenvalue weighted by Gasteiger charge is 2.22. The smallest absolute Gasteiger partial charge is 0.278 e. The number of nitrogens with zero attached hydrogens (tertiary/aromatic N) is 4. The highest BCUT2D eigenvalue weighted by molar-refractivity contribution is 6.34. The number of phenols is 1. The monoisotopic (exact) mass is 528 g/mol. The van der Waals surface area contributed by atoms with E-state index in [0.717, 1.165) is 25.9 Å². The molecule has 0 saturated carbocycles. The first kappa shape index (κ1) is 25.2. The molecule has 0 spiro atoms. The maximum atomic E-state index is 12.9. The number of nitrogens with two attached hydrogens (primary N) is 1. The second kappa shape index (κ2) is 10.9. The van der Waals surface area contributed by atoms with Crippen LogP contribution in [0.2, 0.25) is 5.02 Å². The van der Waals surface area contributed by atoms with Gasteiger partial charge in [0.05, 0.1) is 16.1 Å². The highest BCUT2D eigenvalue weighted by atomic mass is 35.5. The zero-order valence-corrected chi connectivity index (χ0v) is 21.2. The summed E-state index contributed by atoms with van der Waals surface area (Å²) in [5, 5.41) is 14.6. The summed E-state index contributed by atoms with van der Waals surface area (Å²) in [5.41, 5.74) is 8.52. The van der Waals surface area contributed by atoms with Crippen LogP contribution in [0.5, 0.6) is 5.75 Å². The Morgan fingerprint density at radius 3 is 2.55 bits per heavy atom. The van der Waals surface area contributed by atoms with E-state index in [4.69, 9.17) is 17.3 Å². The molecular formula is C28H25ClN6O3. The van der Waals surface area contributed by atoms with Gasteiger partial charge in [0.15, 0.2) is 0 Å². The summed E-state index contributed by atoms with van der Waals surface area (Å²) in [6, 6.07) is 16.7. The third-order valence-corrected chi connectivity index (χ3v) is 6.72. The number of anilines is 1. The van der Waals surface area contributed by atoms with E-state index in [2.05, 4.69) is 20.3 Å². The maximum absolute atomic E-state index is 12.9. The summed E-state index contributed by atoms with van der Waals surface area (Å²) in [4.78, 5) is 39.7. The van der Waals surface area contributed by atoms with Crippen LogP contribution < -0.4 is 11.1 Å². The number of nitrogens with one attached hydrogen (secondary N) is 1. The van der Waals surface area contributed by atoms with Crippen LogP contribution in [0.4, 0.5) is 5.82 Å². The minimum Gasteiger partial charge on any atom is -0.508 e. The van der Waals surface area contributed by atoms with Crippen molar-refractivity contribution in [1.29, 1.82) is 0 Å². The van der Waals surface area contributed by atoms with Crippen molar-refractivity contribution in [3.63, 3.8) is 0 Å². The van der Waals surface area contributed by atoms with E-state index in [0.29, 0.717) is 44.0 Å². The first-order valence-corrected chi connectivity index (χ1v) is 12.5. The second-order valence-corrected chi connectivity index (χ2v) is 9.34. The quantitative estimate of drug-likeness (QED) is 0.250. The number of aliphatic imine (C=N–C) groups is 1. The zero-order chi connectivity index (χ0) is 26.6. The molecule has 10 heteroatoms. The molecule has 1 fully saturated rings. The fourth-order valence-corrected chi connectivity index (χ4v) is 4.60. The number of phenolic OH excluding ortho intramolecular Hbond substituents is 1. The predicted octanol–water partition coefficient (Wildman–Crippen LogP) is 4.38. The lowest BCUT2D eigenvalue weighted by molar-refractivity contribution is 0.0793. The summed E-state index contributed by atoms with van der Waals surface area (Å²) in [7, 11) is 0. The number of likely N-dealkylation sites (tertiary alicyclic amines) is 1. The third kappa shape index (κ3) is 5.28. The van der Waals surface area contributed by atoms with Crippen LogP contribution >= 0.6 is 11.6 Å². The lowest BCUT2D eigenvalue weighted by Gasteiger charge is -2.17. The van der Waals surface area contributed by atoms with Crippen molar-refractivity contribution in [1.82, 2.24) is 14.9 Å². The number of hydrogen-bond donors (Lipinski definition) is 3. The molecule has 0 aliphatic carbocycles. The SMILES string of the molecule is N/C(=N\C(=O)c1ccccc1)c1ccc(O)c(CNc2ncnc3cc(C(=O)N4CCCC4)c(Cl)cc23)c1. The molecular weight excluding hydrogens is 504 g/mol. The second-order valence-electron chi connectivity index (χ2n) is 8.94. The molecule has 4 N–H and O–H groups in total. The van der Waals surface area contributed by atoms with E-state index >= 15 is 0 Å². The number of rotatable bonds is 6. The van der Waals surface area contributed by atoms with Crippen LogP contribution in [0.25, 0.3) is 10.9 Å². The fourth-order valence-electron chi connectivity index (χ4n) is 4.36. The van der Waals surface area contributed by atoms with Crippen LogP contribution in [0.1, 0.15) is 44.7 Å². The summed E-state index contributed by atoms with van der Waals surface area (Å²) < 4.78 is 0. The van der Waals surface area contributed by atoms with E-state index in [9.17, 15) is 14.7 Å². The van der Waals surface area contributed by atoms with Crippen molar-refractivity contribution in [3.8, 4) is 5.75 Å². The summed E-state index contributed by atoms with van der Waals surface area (Å²) >= 11 is 6.51. The third-order valence-electron chi connectivity index (χ3n) is 6.41. The molecule has 3 aromatic carbocycles. The minimum atomic E-state index is -0.456. The molecule has 38 heavy (non-hydrogen) atoms. The van der Waals surface area contributed by atoms with Gasteiger partial charge in [-0.2, -0.15) is 4.99 Å². The molecule has 5 rings (SSSR count). The van der Waals surface area contributed by atoms with E-state index in [-0.39, 0.29) is 24.0 Å². The number of halogens is 1. The molecule has 0 unspecified atom stereocenters. The number of amidine groups is 1. The zero-order valence-electron chi connectivity index (χ0n) is 20.4. The van der Waals surface area contributed by atoms with Crippen molar-refractivity contribution in [2.24, 2.45) is 10.7 Å². The van der Waals surface area contributed by atoms with Crippen LogP contribution in [-0.4, -0.2) is 50.7 Å². The van der Waals surface area contributed by atoms with Gasteiger partial charge >= 0.3 is 0 Å². The number of fused-ring (bicyclic) bond motifs is 1. The maximum Gasteiger partial charge on any atom is 0.278 e. The molecule has 1 saturated heterocycles. The summed E-state index contributed by atoms with van der Waals surface area (Å²) in [5.74, 6) is 0.00712. The van der Waals surface area contributed by atoms with Crippen molar-refractivity contribution in [2.45, 2.75) is 19.4 Å². The van der Waals surface area contributed by atoms with E-state index in [1.165, 1.54) is 12.4 Å². The minimum absolute atomic E-state index is 0.0366. The first-order valence-electron chi connectivity index (χ1n) is 12.1. The van der Waals surface area contributed by atoms with Gasteiger partial charge in [-0.25, -0.2) is 9.97 Å². The summed E-state index contributed by atoms with van der Waals surface area (Å²) in [6.45, 7) is 1.64. The number of carbonyl (C=O) groups excluding carboxylic acids is 2. The number of benzene rings is 3. The Kier molecular flexibility index (Phi) is 7.19. The van der Waals surface area contributed by atoms with Crippen LogP contribution in [0.3, 0.4) is 0 Å².